The summed E-state index contributed by atoms with van der Waals surface area (Å²) in [6, 6.07) is 2.48. The molecule has 21 heavy (non-hydrogen) atoms. The minimum absolute atomic E-state index is 0.327. The number of nitrogens with one attached hydrogen (secondary N) is 1. The topological polar surface area (TPSA) is 37.8 Å². The van der Waals surface area contributed by atoms with Crippen LogP contribution in [0.5, 0.6) is 0 Å². The second-order valence-corrected chi connectivity index (χ2v) is 6.68. The Hall–Kier alpha value is -1.26. The Morgan fingerprint density at radius 1 is 1.29 bits per heavy atom. The van der Waals surface area contributed by atoms with E-state index >= 15 is 0 Å². The van der Waals surface area contributed by atoms with Gasteiger partial charge in [-0.25, -0.2) is 4.98 Å². The first-order valence-corrected chi connectivity index (χ1v) is 8.56. The van der Waals surface area contributed by atoms with Crippen LogP contribution in [0.1, 0.15) is 53.0 Å². The lowest BCUT2D eigenvalue weighted by Crippen LogP contribution is -2.25. The van der Waals surface area contributed by atoms with Crippen molar-refractivity contribution in [2.24, 2.45) is 0 Å². The largest absolute Gasteiger partial charge is 0.310 e. The lowest BCUT2D eigenvalue weighted by molar-refractivity contribution is 0.524. The fourth-order valence-corrected chi connectivity index (χ4v) is 3.46. The Bertz CT molecular complexity index is 558. The minimum Gasteiger partial charge on any atom is -0.310 e. The highest BCUT2D eigenvalue weighted by Crippen LogP contribution is 2.25. The van der Waals surface area contributed by atoms with Crippen LogP contribution in [0.25, 0.3) is 0 Å². The second-order valence-electron chi connectivity index (χ2n) is 5.39. The molecule has 0 aliphatic carbocycles. The third kappa shape index (κ3) is 4.11. The maximum atomic E-state index is 4.70. The summed E-state index contributed by atoms with van der Waals surface area (Å²) in [7, 11) is 0. The molecule has 2 rings (SSSR count). The van der Waals surface area contributed by atoms with Gasteiger partial charge in [-0.1, -0.05) is 13.8 Å². The number of aryl methyl sites for hydroxylation is 3. The van der Waals surface area contributed by atoms with Gasteiger partial charge in [0.2, 0.25) is 0 Å². The van der Waals surface area contributed by atoms with Crippen molar-refractivity contribution in [1.29, 1.82) is 0 Å². The van der Waals surface area contributed by atoms with Crippen molar-refractivity contribution in [3.63, 3.8) is 0 Å². The van der Waals surface area contributed by atoms with Crippen molar-refractivity contribution in [2.45, 2.75) is 53.0 Å². The van der Waals surface area contributed by atoms with Gasteiger partial charge >= 0.3 is 0 Å². The molecule has 2 aromatic rings. The number of rotatable bonds is 7. The van der Waals surface area contributed by atoms with Crippen molar-refractivity contribution in [2.75, 3.05) is 6.54 Å². The predicted molar refractivity (Wildman–Crippen MR) is 89.9 cm³/mol. The number of hydrogen-bond acceptors (Lipinski definition) is 4. The molecule has 2 heterocycles. The second kappa shape index (κ2) is 7.66. The molecule has 0 amide bonds. The Balaban J connectivity index is 2.25. The van der Waals surface area contributed by atoms with Gasteiger partial charge in [-0.05, 0) is 50.4 Å². The highest BCUT2D eigenvalue weighted by molar-refractivity contribution is 7.11. The molecular weight excluding hydrogens is 278 g/mol. The SMILES string of the molecule is CCCNC(Cc1nc(C)c(C)s1)c1ccncc1CC. The highest BCUT2D eigenvalue weighted by Gasteiger charge is 2.17. The van der Waals surface area contributed by atoms with Gasteiger partial charge in [-0.15, -0.1) is 11.3 Å². The van der Waals surface area contributed by atoms with E-state index in [2.05, 4.69) is 44.1 Å². The first-order chi connectivity index (χ1) is 10.2. The Morgan fingerprint density at radius 3 is 2.71 bits per heavy atom. The Labute approximate surface area is 131 Å². The quantitative estimate of drug-likeness (QED) is 0.840. The van der Waals surface area contributed by atoms with E-state index in [1.165, 1.54) is 21.0 Å². The Morgan fingerprint density at radius 2 is 2.10 bits per heavy atom. The molecule has 0 spiro atoms. The van der Waals surface area contributed by atoms with Crippen molar-refractivity contribution >= 4 is 11.3 Å². The predicted octanol–water partition coefficient (Wildman–Crippen LogP) is 4.00. The lowest BCUT2D eigenvalue weighted by atomic mass is 9.98. The van der Waals surface area contributed by atoms with Crippen LogP contribution in [0.4, 0.5) is 0 Å². The molecule has 0 fully saturated rings. The zero-order valence-corrected chi connectivity index (χ0v) is 14.3. The molecule has 0 aromatic carbocycles. The number of thiazole rings is 1. The van der Waals surface area contributed by atoms with Crippen LogP contribution in [-0.2, 0) is 12.8 Å². The standard InChI is InChI=1S/C17H25N3S/c1-5-8-19-16(10-17-20-12(3)13(4)21-17)15-7-9-18-11-14(15)6-2/h7,9,11,16,19H,5-6,8,10H2,1-4H3. The summed E-state index contributed by atoms with van der Waals surface area (Å²) >= 11 is 1.82. The molecule has 2 aromatic heterocycles. The monoisotopic (exact) mass is 303 g/mol. The van der Waals surface area contributed by atoms with E-state index in [1.54, 1.807) is 0 Å². The van der Waals surface area contributed by atoms with Crippen molar-refractivity contribution < 1.29 is 0 Å². The van der Waals surface area contributed by atoms with Crippen LogP contribution in [0.3, 0.4) is 0 Å². The summed E-state index contributed by atoms with van der Waals surface area (Å²) in [6.45, 7) is 9.66. The van der Waals surface area contributed by atoms with Gasteiger partial charge in [-0.2, -0.15) is 0 Å². The molecule has 0 aliphatic heterocycles. The third-order valence-corrected chi connectivity index (χ3v) is 4.89. The van der Waals surface area contributed by atoms with Gasteiger partial charge in [0.25, 0.3) is 0 Å². The van der Waals surface area contributed by atoms with E-state index in [9.17, 15) is 0 Å². The zero-order chi connectivity index (χ0) is 15.2. The molecule has 0 saturated carbocycles. The van der Waals surface area contributed by atoms with Gasteiger partial charge in [0.1, 0.15) is 0 Å². The number of nitrogens with zero attached hydrogens (tertiary/aromatic N) is 2. The van der Waals surface area contributed by atoms with Crippen LogP contribution in [0, 0.1) is 13.8 Å². The van der Waals surface area contributed by atoms with Gasteiger partial charge in [0.05, 0.1) is 10.7 Å². The van der Waals surface area contributed by atoms with E-state index in [1.807, 2.05) is 23.7 Å². The highest BCUT2D eigenvalue weighted by atomic mass is 32.1. The van der Waals surface area contributed by atoms with Gasteiger partial charge < -0.3 is 5.32 Å². The summed E-state index contributed by atoms with van der Waals surface area (Å²) < 4.78 is 0. The molecule has 1 N–H and O–H groups in total. The number of hydrogen-bond donors (Lipinski definition) is 1. The first kappa shape index (κ1) is 16.1. The van der Waals surface area contributed by atoms with E-state index in [0.29, 0.717) is 6.04 Å². The molecule has 0 bridgehead atoms. The molecule has 0 aliphatic rings. The molecule has 0 saturated heterocycles. The molecule has 1 unspecified atom stereocenters. The summed E-state index contributed by atoms with van der Waals surface area (Å²) in [5.41, 5.74) is 3.86. The van der Waals surface area contributed by atoms with Crippen LogP contribution in [-0.4, -0.2) is 16.5 Å². The van der Waals surface area contributed by atoms with Gasteiger partial charge in [0.15, 0.2) is 0 Å². The summed E-state index contributed by atoms with van der Waals surface area (Å²) in [6.07, 6.45) is 7.00. The van der Waals surface area contributed by atoms with Crippen LogP contribution in [0.15, 0.2) is 18.5 Å². The molecular formula is C17H25N3S. The molecule has 0 radical (unpaired) electrons. The van der Waals surface area contributed by atoms with E-state index < -0.39 is 0 Å². The summed E-state index contributed by atoms with van der Waals surface area (Å²) in [5, 5.41) is 4.90. The maximum absolute atomic E-state index is 4.70. The van der Waals surface area contributed by atoms with Crippen molar-refractivity contribution in [3.8, 4) is 0 Å². The fraction of sp³-hybridized carbons (Fsp3) is 0.529. The van der Waals surface area contributed by atoms with Gasteiger partial charge in [-0.3, -0.25) is 4.98 Å². The van der Waals surface area contributed by atoms with E-state index in [4.69, 9.17) is 4.98 Å². The van der Waals surface area contributed by atoms with E-state index in [0.717, 1.165) is 31.5 Å². The van der Waals surface area contributed by atoms with Crippen LogP contribution < -0.4 is 5.32 Å². The summed E-state index contributed by atoms with van der Waals surface area (Å²) in [5.74, 6) is 0. The molecule has 4 heteroatoms. The van der Waals surface area contributed by atoms with Gasteiger partial charge in [0, 0.05) is 29.7 Å². The average Bonchev–Trinajstić information content (AvgIpc) is 2.81. The first-order valence-electron chi connectivity index (χ1n) is 7.74. The number of pyridine rings is 1. The molecule has 3 nitrogen and oxygen atoms in total. The smallest absolute Gasteiger partial charge is 0.0949 e. The van der Waals surface area contributed by atoms with E-state index in [-0.39, 0.29) is 0 Å². The lowest BCUT2D eigenvalue weighted by Gasteiger charge is -2.20. The third-order valence-electron chi connectivity index (χ3n) is 3.79. The molecule has 114 valence electrons. The normalized spacial score (nSPS) is 12.6. The maximum Gasteiger partial charge on any atom is 0.0949 e. The number of aromatic nitrogens is 2. The van der Waals surface area contributed by atoms with Crippen LogP contribution in [0.2, 0.25) is 0 Å². The average molecular weight is 303 g/mol. The van der Waals surface area contributed by atoms with Crippen molar-refractivity contribution in [1.82, 2.24) is 15.3 Å². The van der Waals surface area contributed by atoms with Crippen molar-refractivity contribution in [3.05, 3.63) is 45.2 Å². The minimum atomic E-state index is 0.327. The van der Waals surface area contributed by atoms with Crippen LogP contribution >= 0.6 is 11.3 Å². The molecule has 1 atom stereocenters. The fourth-order valence-electron chi connectivity index (χ4n) is 2.49. The summed E-state index contributed by atoms with van der Waals surface area (Å²) in [4.78, 5) is 10.3. The Kier molecular flexibility index (Phi) is 5.88. The zero-order valence-electron chi connectivity index (χ0n) is 13.4.